The summed E-state index contributed by atoms with van der Waals surface area (Å²) in [4.78, 5) is 24.5. The highest BCUT2D eigenvalue weighted by Crippen LogP contribution is 2.30. The predicted molar refractivity (Wildman–Crippen MR) is 72.8 cm³/mol. The van der Waals surface area contributed by atoms with Gasteiger partial charge in [-0.2, -0.15) is 13.2 Å². The highest BCUT2D eigenvalue weighted by molar-refractivity contribution is 5.79. The largest absolute Gasteiger partial charge is 0.416 e. The van der Waals surface area contributed by atoms with Crippen molar-refractivity contribution in [2.45, 2.75) is 19.1 Å². The van der Waals surface area contributed by atoms with Crippen LogP contribution in [0, 0.1) is 5.82 Å². The molecule has 0 bridgehead atoms. The third-order valence-corrected chi connectivity index (χ3v) is 3.40. The molecule has 0 aromatic heterocycles. The van der Waals surface area contributed by atoms with Crippen molar-refractivity contribution in [3.63, 3.8) is 0 Å². The number of hydrogen-bond donors (Lipinski definition) is 2. The lowest BCUT2D eigenvalue weighted by Crippen LogP contribution is -2.41. The van der Waals surface area contributed by atoms with Gasteiger partial charge in [-0.05, 0) is 18.2 Å². The minimum atomic E-state index is -4.58. The van der Waals surface area contributed by atoms with Crippen molar-refractivity contribution in [2.75, 3.05) is 19.6 Å². The minimum absolute atomic E-state index is 0.144. The van der Waals surface area contributed by atoms with Crippen LogP contribution in [0.3, 0.4) is 0 Å². The van der Waals surface area contributed by atoms with Gasteiger partial charge in [0.1, 0.15) is 5.82 Å². The van der Waals surface area contributed by atoms with E-state index in [0.29, 0.717) is 18.7 Å². The molecule has 1 fully saturated rings. The molecular formula is C14H15F4N3O2. The highest BCUT2D eigenvalue weighted by atomic mass is 19.4. The summed E-state index contributed by atoms with van der Waals surface area (Å²) < 4.78 is 51.4. The van der Waals surface area contributed by atoms with Gasteiger partial charge >= 0.3 is 12.2 Å². The molecule has 1 aliphatic rings. The molecule has 0 radical (unpaired) electrons. The lowest BCUT2D eigenvalue weighted by atomic mass is 10.1. The van der Waals surface area contributed by atoms with Gasteiger partial charge in [-0.1, -0.05) is 0 Å². The number of hydrogen-bond acceptors (Lipinski definition) is 2. The van der Waals surface area contributed by atoms with E-state index < -0.39 is 23.6 Å². The van der Waals surface area contributed by atoms with Crippen molar-refractivity contribution in [3.8, 4) is 0 Å². The second-order valence-electron chi connectivity index (χ2n) is 5.05. The lowest BCUT2D eigenvalue weighted by molar-refractivity contribution is -0.137. The summed E-state index contributed by atoms with van der Waals surface area (Å²) in [7, 11) is 0. The van der Waals surface area contributed by atoms with E-state index in [1.165, 1.54) is 4.90 Å². The number of nitrogens with one attached hydrogen (secondary N) is 2. The van der Waals surface area contributed by atoms with Crippen molar-refractivity contribution < 1.29 is 27.2 Å². The van der Waals surface area contributed by atoms with E-state index >= 15 is 0 Å². The first kappa shape index (κ1) is 17.0. The van der Waals surface area contributed by atoms with Gasteiger partial charge in [0.25, 0.3) is 0 Å². The van der Waals surface area contributed by atoms with Crippen LogP contribution in [0.2, 0.25) is 0 Å². The molecule has 3 amide bonds. The zero-order valence-electron chi connectivity index (χ0n) is 12.0. The van der Waals surface area contributed by atoms with Crippen LogP contribution in [0.15, 0.2) is 18.2 Å². The molecule has 0 atom stereocenters. The fourth-order valence-corrected chi connectivity index (χ4v) is 2.14. The molecule has 1 aromatic rings. The molecule has 2 rings (SSSR count). The summed E-state index contributed by atoms with van der Waals surface area (Å²) in [6.45, 7) is 0.405. The van der Waals surface area contributed by atoms with Crippen molar-refractivity contribution in [2.24, 2.45) is 0 Å². The third kappa shape index (κ3) is 4.57. The smallest absolute Gasteiger partial charge is 0.354 e. The molecule has 23 heavy (non-hydrogen) atoms. The van der Waals surface area contributed by atoms with Gasteiger partial charge in [0.2, 0.25) is 5.91 Å². The topological polar surface area (TPSA) is 61.4 Å². The van der Waals surface area contributed by atoms with E-state index in [4.69, 9.17) is 0 Å². The predicted octanol–water partition coefficient (Wildman–Crippen LogP) is 1.88. The Morgan fingerprint density at radius 3 is 2.74 bits per heavy atom. The van der Waals surface area contributed by atoms with Gasteiger partial charge in [0, 0.05) is 38.2 Å². The van der Waals surface area contributed by atoms with Crippen molar-refractivity contribution in [1.82, 2.24) is 15.5 Å². The van der Waals surface area contributed by atoms with Crippen LogP contribution < -0.4 is 10.6 Å². The van der Waals surface area contributed by atoms with Crippen LogP contribution in [0.4, 0.5) is 22.4 Å². The maximum atomic E-state index is 13.6. The summed E-state index contributed by atoms with van der Waals surface area (Å²) in [5, 5.41) is 4.96. The molecule has 126 valence electrons. The number of carbonyl (C=O) groups excluding carboxylic acids is 2. The summed E-state index contributed by atoms with van der Waals surface area (Å²) in [6.07, 6.45) is -4.44. The zero-order chi connectivity index (χ0) is 17.0. The van der Waals surface area contributed by atoms with E-state index in [-0.39, 0.29) is 37.5 Å². The number of halogens is 4. The lowest BCUT2D eigenvalue weighted by Gasteiger charge is -2.20. The number of urea groups is 1. The van der Waals surface area contributed by atoms with Gasteiger partial charge in [0.05, 0.1) is 5.56 Å². The Morgan fingerprint density at radius 2 is 2.04 bits per heavy atom. The molecule has 0 unspecified atom stereocenters. The van der Waals surface area contributed by atoms with E-state index in [0.717, 1.165) is 6.07 Å². The molecule has 0 saturated carbocycles. The average Bonchev–Trinajstić information content (AvgIpc) is 2.69. The Hall–Kier alpha value is -2.32. The number of alkyl halides is 3. The second kappa shape index (κ2) is 6.84. The first-order valence-corrected chi connectivity index (χ1v) is 6.92. The van der Waals surface area contributed by atoms with Crippen LogP contribution in [-0.2, 0) is 17.5 Å². The summed E-state index contributed by atoms with van der Waals surface area (Å²) >= 11 is 0. The molecule has 5 nitrogen and oxygen atoms in total. The second-order valence-corrected chi connectivity index (χ2v) is 5.05. The van der Waals surface area contributed by atoms with E-state index in [1.54, 1.807) is 0 Å². The third-order valence-electron chi connectivity index (χ3n) is 3.40. The SMILES string of the molecule is O=C1CCN(C(=O)NCc2cc(C(F)(F)F)ccc2F)CCN1. The number of carbonyl (C=O) groups is 2. The monoisotopic (exact) mass is 333 g/mol. The fraction of sp³-hybridized carbons (Fsp3) is 0.429. The maximum absolute atomic E-state index is 13.6. The Labute approximate surface area is 129 Å². The van der Waals surface area contributed by atoms with Crippen molar-refractivity contribution in [1.29, 1.82) is 0 Å². The minimum Gasteiger partial charge on any atom is -0.354 e. The van der Waals surface area contributed by atoms with Crippen LogP contribution in [0.25, 0.3) is 0 Å². The zero-order valence-corrected chi connectivity index (χ0v) is 12.0. The van der Waals surface area contributed by atoms with Crippen LogP contribution in [0.5, 0.6) is 0 Å². The van der Waals surface area contributed by atoms with Crippen LogP contribution in [-0.4, -0.2) is 36.5 Å². The van der Waals surface area contributed by atoms with Gasteiger partial charge in [0.15, 0.2) is 0 Å². The van der Waals surface area contributed by atoms with Gasteiger partial charge in [-0.3, -0.25) is 4.79 Å². The molecule has 9 heteroatoms. The molecular weight excluding hydrogens is 318 g/mol. The summed E-state index contributed by atoms with van der Waals surface area (Å²) in [5.74, 6) is -1.00. The Balaban J connectivity index is 2.00. The van der Waals surface area contributed by atoms with Crippen LogP contribution in [0.1, 0.15) is 17.5 Å². The summed E-state index contributed by atoms with van der Waals surface area (Å²) in [6, 6.07) is 1.48. The van der Waals surface area contributed by atoms with Gasteiger partial charge in [-0.25, -0.2) is 9.18 Å². The molecule has 1 saturated heterocycles. The molecule has 1 aromatic carbocycles. The fourth-order valence-electron chi connectivity index (χ4n) is 2.14. The van der Waals surface area contributed by atoms with Gasteiger partial charge in [-0.15, -0.1) is 0 Å². The van der Waals surface area contributed by atoms with Crippen molar-refractivity contribution in [3.05, 3.63) is 35.1 Å². The van der Waals surface area contributed by atoms with E-state index in [1.807, 2.05) is 0 Å². The molecule has 1 heterocycles. The molecule has 1 aliphatic heterocycles. The maximum Gasteiger partial charge on any atom is 0.416 e. The highest BCUT2D eigenvalue weighted by Gasteiger charge is 2.31. The molecule has 2 N–H and O–H groups in total. The number of nitrogens with zero attached hydrogens (tertiary/aromatic N) is 1. The normalized spacial score (nSPS) is 15.8. The first-order chi connectivity index (χ1) is 10.8. The average molecular weight is 333 g/mol. The van der Waals surface area contributed by atoms with E-state index in [9.17, 15) is 27.2 Å². The van der Waals surface area contributed by atoms with Crippen LogP contribution >= 0.6 is 0 Å². The number of rotatable bonds is 2. The quantitative estimate of drug-likeness (QED) is 0.812. The summed E-state index contributed by atoms with van der Waals surface area (Å²) in [5.41, 5.74) is -1.23. The Bertz CT molecular complexity index is 604. The molecule has 0 spiro atoms. The molecule has 0 aliphatic carbocycles. The van der Waals surface area contributed by atoms with E-state index in [2.05, 4.69) is 10.6 Å². The Morgan fingerprint density at radius 1 is 1.30 bits per heavy atom. The Kier molecular flexibility index (Phi) is 5.07. The first-order valence-electron chi connectivity index (χ1n) is 6.92. The van der Waals surface area contributed by atoms with Gasteiger partial charge < -0.3 is 15.5 Å². The standard InChI is InChI=1S/C14H15F4N3O2/c15-11-2-1-10(14(16,17)18)7-9(11)8-20-13(23)21-5-3-12(22)19-4-6-21/h1-2,7H,3-6,8H2,(H,19,22)(H,20,23). The van der Waals surface area contributed by atoms with Crippen molar-refractivity contribution >= 4 is 11.9 Å². The number of amides is 3. The number of benzene rings is 1.